The van der Waals surface area contributed by atoms with Crippen LogP contribution < -0.4 is 5.32 Å². The topological polar surface area (TPSA) is 15.3 Å². The maximum Gasteiger partial charge on any atom is 0.0252 e. The second-order valence-electron chi connectivity index (χ2n) is 5.08. The zero-order valence-electron chi connectivity index (χ0n) is 9.56. The van der Waals surface area contributed by atoms with Crippen molar-refractivity contribution in [1.82, 2.24) is 10.2 Å². The average molecular weight is 184 g/mol. The van der Waals surface area contributed by atoms with Gasteiger partial charge in [0.05, 0.1) is 0 Å². The van der Waals surface area contributed by atoms with Gasteiger partial charge >= 0.3 is 0 Å². The zero-order chi connectivity index (χ0) is 9.90. The molecule has 1 aliphatic heterocycles. The maximum absolute atomic E-state index is 3.60. The quantitative estimate of drug-likeness (QED) is 0.669. The molecule has 0 spiro atoms. The zero-order valence-corrected chi connectivity index (χ0v) is 9.56. The van der Waals surface area contributed by atoms with Crippen LogP contribution in [0.3, 0.4) is 0 Å². The van der Waals surface area contributed by atoms with Gasteiger partial charge in [-0.3, -0.25) is 4.90 Å². The van der Waals surface area contributed by atoms with Crippen molar-refractivity contribution in [3.63, 3.8) is 0 Å². The summed E-state index contributed by atoms with van der Waals surface area (Å²) in [4.78, 5) is 2.58. The van der Waals surface area contributed by atoms with Gasteiger partial charge in [-0.15, -0.1) is 0 Å². The monoisotopic (exact) mass is 184 g/mol. The number of hydrogen-bond acceptors (Lipinski definition) is 2. The molecule has 0 amide bonds. The molecular formula is C11H24N2. The first-order chi connectivity index (χ1) is 6.01. The van der Waals surface area contributed by atoms with Gasteiger partial charge in [-0.25, -0.2) is 0 Å². The van der Waals surface area contributed by atoms with Crippen LogP contribution in [0.4, 0.5) is 0 Å². The third-order valence-corrected chi connectivity index (χ3v) is 2.80. The largest absolute Gasteiger partial charge is 0.311 e. The molecule has 78 valence electrons. The Hall–Kier alpha value is -0.0800. The lowest BCUT2D eigenvalue weighted by Crippen LogP contribution is -2.52. The minimum atomic E-state index is 0.282. The van der Waals surface area contributed by atoms with E-state index in [4.69, 9.17) is 0 Å². The molecule has 0 atom stereocenters. The first kappa shape index (κ1) is 11.0. The van der Waals surface area contributed by atoms with Gasteiger partial charge in [-0.05, 0) is 53.6 Å². The average Bonchev–Trinajstić information content (AvgIpc) is 1.97. The number of hydrogen-bond donors (Lipinski definition) is 1. The highest BCUT2D eigenvalue weighted by Gasteiger charge is 2.23. The Bertz CT molecular complexity index is 152. The Morgan fingerprint density at radius 2 is 1.92 bits per heavy atom. The predicted octanol–water partition coefficient (Wildman–Crippen LogP) is 1.86. The van der Waals surface area contributed by atoms with Gasteiger partial charge in [0.2, 0.25) is 0 Å². The summed E-state index contributed by atoms with van der Waals surface area (Å²) in [5, 5.41) is 3.60. The second-order valence-corrected chi connectivity index (χ2v) is 5.08. The molecule has 0 saturated carbocycles. The highest BCUT2D eigenvalue weighted by Crippen LogP contribution is 2.12. The van der Waals surface area contributed by atoms with E-state index in [-0.39, 0.29) is 5.54 Å². The normalized spacial score (nSPS) is 25.6. The van der Waals surface area contributed by atoms with E-state index in [1.807, 2.05) is 0 Å². The molecule has 1 fully saturated rings. The summed E-state index contributed by atoms with van der Waals surface area (Å²) in [6.45, 7) is 12.8. The van der Waals surface area contributed by atoms with Crippen molar-refractivity contribution < 1.29 is 0 Å². The van der Waals surface area contributed by atoms with Crippen molar-refractivity contribution in [2.75, 3.05) is 19.6 Å². The van der Waals surface area contributed by atoms with Crippen LogP contribution in [0.25, 0.3) is 0 Å². The molecule has 1 saturated heterocycles. The van der Waals surface area contributed by atoms with E-state index >= 15 is 0 Å². The molecule has 2 heteroatoms. The minimum Gasteiger partial charge on any atom is -0.311 e. The van der Waals surface area contributed by atoms with E-state index in [0.29, 0.717) is 6.04 Å². The molecule has 0 aromatic heterocycles. The molecule has 1 rings (SSSR count). The van der Waals surface area contributed by atoms with Crippen molar-refractivity contribution in [3.05, 3.63) is 0 Å². The fraction of sp³-hybridized carbons (Fsp3) is 1.00. The summed E-state index contributed by atoms with van der Waals surface area (Å²) in [6.07, 6.45) is 2.65. The van der Waals surface area contributed by atoms with Crippen LogP contribution >= 0.6 is 0 Å². The van der Waals surface area contributed by atoms with E-state index in [1.54, 1.807) is 0 Å². The Morgan fingerprint density at radius 3 is 2.54 bits per heavy atom. The van der Waals surface area contributed by atoms with E-state index in [1.165, 1.54) is 32.5 Å². The molecular weight excluding hydrogens is 160 g/mol. The van der Waals surface area contributed by atoms with E-state index < -0.39 is 0 Å². The van der Waals surface area contributed by atoms with Gasteiger partial charge in [-0.2, -0.15) is 0 Å². The van der Waals surface area contributed by atoms with Gasteiger partial charge in [0, 0.05) is 18.1 Å². The van der Waals surface area contributed by atoms with E-state index in [9.17, 15) is 0 Å². The summed E-state index contributed by atoms with van der Waals surface area (Å²) in [7, 11) is 0. The number of nitrogens with one attached hydrogen (secondary N) is 1. The Kier molecular flexibility index (Phi) is 3.74. The summed E-state index contributed by atoms with van der Waals surface area (Å²) >= 11 is 0. The van der Waals surface area contributed by atoms with Crippen LogP contribution in [0.1, 0.15) is 40.5 Å². The Balaban J connectivity index is 2.53. The van der Waals surface area contributed by atoms with Crippen LogP contribution in [-0.2, 0) is 0 Å². The van der Waals surface area contributed by atoms with Crippen LogP contribution in [0, 0.1) is 0 Å². The highest BCUT2D eigenvalue weighted by atomic mass is 15.2. The molecule has 1 aliphatic rings. The molecule has 0 aromatic rings. The SMILES string of the molecule is CC(C)N1CCCCNC(C)(C)C1. The molecule has 0 radical (unpaired) electrons. The standard InChI is InChI=1S/C11H24N2/c1-10(2)13-8-6-5-7-12-11(3,4)9-13/h10,12H,5-9H2,1-4H3. The van der Waals surface area contributed by atoms with Gasteiger partial charge < -0.3 is 5.32 Å². The lowest BCUT2D eigenvalue weighted by Gasteiger charge is -2.38. The highest BCUT2D eigenvalue weighted by molar-refractivity contribution is 4.84. The number of rotatable bonds is 1. The van der Waals surface area contributed by atoms with Crippen molar-refractivity contribution >= 4 is 0 Å². The molecule has 2 nitrogen and oxygen atoms in total. The van der Waals surface area contributed by atoms with Gasteiger partial charge in [0.15, 0.2) is 0 Å². The summed E-state index contributed by atoms with van der Waals surface area (Å²) in [5.41, 5.74) is 0.282. The van der Waals surface area contributed by atoms with Crippen molar-refractivity contribution in [3.8, 4) is 0 Å². The fourth-order valence-electron chi connectivity index (χ4n) is 1.95. The van der Waals surface area contributed by atoms with Crippen molar-refractivity contribution in [1.29, 1.82) is 0 Å². The molecule has 0 unspecified atom stereocenters. The third-order valence-electron chi connectivity index (χ3n) is 2.80. The lowest BCUT2D eigenvalue weighted by molar-refractivity contribution is 0.148. The van der Waals surface area contributed by atoms with Crippen LogP contribution in [-0.4, -0.2) is 36.1 Å². The van der Waals surface area contributed by atoms with E-state index in [2.05, 4.69) is 37.9 Å². The molecule has 1 N–H and O–H groups in total. The minimum absolute atomic E-state index is 0.282. The third kappa shape index (κ3) is 3.65. The predicted molar refractivity (Wildman–Crippen MR) is 58.0 cm³/mol. The fourth-order valence-corrected chi connectivity index (χ4v) is 1.95. The molecule has 0 aliphatic carbocycles. The van der Waals surface area contributed by atoms with Crippen LogP contribution in [0.5, 0.6) is 0 Å². The van der Waals surface area contributed by atoms with Crippen molar-refractivity contribution in [2.45, 2.75) is 52.1 Å². The van der Waals surface area contributed by atoms with Crippen LogP contribution in [0.2, 0.25) is 0 Å². The molecule has 1 heterocycles. The second kappa shape index (κ2) is 4.43. The summed E-state index contributed by atoms with van der Waals surface area (Å²) in [6, 6.07) is 0.680. The molecule has 0 bridgehead atoms. The number of nitrogens with zero attached hydrogens (tertiary/aromatic N) is 1. The van der Waals surface area contributed by atoms with E-state index in [0.717, 1.165) is 0 Å². The van der Waals surface area contributed by atoms with Gasteiger partial charge in [-0.1, -0.05) is 0 Å². The summed E-state index contributed by atoms with van der Waals surface area (Å²) < 4.78 is 0. The summed E-state index contributed by atoms with van der Waals surface area (Å²) in [5.74, 6) is 0. The van der Waals surface area contributed by atoms with Gasteiger partial charge in [0.1, 0.15) is 0 Å². The first-order valence-corrected chi connectivity index (χ1v) is 5.50. The first-order valence-electron chi connectivity index (χ1n) is 5.50. The molecule has 0 aromatic carbocycles. The Morgan fingerprint density at radius 1 is 1.23 bits per heavy atom. The van der Waals surface area contributed by atoms with Crippen molar-refractivity contribution in [2.24, 2.45) is 0 Å². The Labute approximate surface area is 82.7 Å². The van der Waals surface area contributed by atoms with Crippen LogP contribution in [0.15, 0.2) is 0 Å². The molecule has 13 heavy (non-hydrogen) atoms. The maximum atomic E-state index is 3.60. The lowest BCUT2D eigenvalue weighted by atomic mass is 10.0. The van der Waals surface area contributed by atoms with Gasteiger partial charge in [0.25, 0.3) is 0 Å². The smallest absolute Gasteiger partial charge is 0.0252 e.